The normalized spacial score (nSPS) is 11.0. The monoisotopic (exact) mass is 394 g/mol. The van der Waals surface area contributed by atoms with Crippen LogP contribution in [0, 0.1) is 13.8 Å². The van der Waals surface area contributed by atoms with Crippen LogP contribution in [0.4, 0.5) is 0 Å². The summed E-state index contributed by atoms with van der Waals surface area (Å²) in [7, 11) is 0. The highest BCUT2D eigenvalue weighted by Gasteiger charge is 2.12. The van der Waals surface area contributed by atoms with E-state index in [1.807, 2.05) is 91.5 Å². The second-order valence-corrected chi connectivity index (χ2v) is 7.15. The zero-order valence-corrected chi connectivity index (χ0v) is 16.9. The van der Waals surface area contributed by atoms with Crippen LogP contribution in [0.3, 0.4) is 0 Å². The van der Waals surface area contributed by atoms with Gasteiger partial charge in [0.1, 0.15) is 5.69 Å². The molecular formula is C25H22N4O. The van der Waals surface area contributed by atoms with Crippen molar-refractivity contribution in [2.75, 3.05) is 0 Å². The van der Waals surface area contributed by atoms with Crippen molar-refractivity contribution in [3.05, 3.63) is 107 Å². The van der Waals surface area contributed by atoms with Gasteiger partial charge in [-0.1, -0.05) is 59.7 Å². The van der Waals surface area contributed by atoms with E-state index in [1.54, 1.807) is 12.3 Å². The number of para-hydroxylation sites is 1. The lowest BCUT2D eigenvalue weighted by Gasteiger charge is -2.02. The summed E-state index contributed by atoms with van der Waals surface area (Å²) in [6.45, 7) is 4.00. The lowest BCUT2D eigenvalue weighted by atomic mass is 10.1. The number of aryl methyl sites for hydroxylation is 2. The first-order valence-electron chi connectivity index (χ1n) is 9.72. The van der Waals surface area contributed by atoms with Crippen molar-refractivity contribution in [1.29, 1.82) is 0 Å². The average Bonchev–Trinajstić information content (AvgIpc) is 3.18. The molecule has 0 bridgehead atoms. The van der Waals surface area contributed by atoms with E-state index >= 15 is 0 Å². The summed E-state index contributed by atoms with van der Waals surface area (Å²) in [4.78, 5) is 12.4. The van der Waals surface area contributed by atoms with Gasteiger partial charge in [-0.2, -0.15) is 10.2 Å². The summed E-state index contributed by atoms with van der Waals surface area (Å²) in [5.41, 5.74) is 8.92. The van der Waals surface area contributed by atoms with Gasteiger partial charge in [0.05, 0.1) is 11.9 Å². The van der Waals surface area contributed by atoms with Crippen LogP contribution in [0.2, 0.25) is 0 Å². The summed E-state index contributed by atoms with van der Waals surface area (Å²) < 4.78 is 1.82. The van der Waals surface area contributed by atoms with Gasteiger partial charge in [-0.15, -0.1) is 0 Å². The molecule has 0 aliphatic heterocycles. The Morgan fingerprint density at radius 2 is 1.67 bits per heavy atom. The third-order valence-corrected chi connectivity index (χ3v) is 4.70. The molecule has 0 atom stereocenters. The summed E-state index contributed by atoms with van der Waals surface area (Å²) in [5.74, 6) is -0.248. The molecule has 5 nitrogen and oxygen atoms in total. The van der Waals surface area contributed by atoms with Crippen LogP contribution in [0.15, 0.2) is 90.2 Å². The minimum Gasteiger partial charge on any atom is -0.267 e. The van der Waals surface area contributed by atoms with Crippen molar-refractivity contribution < 1.29 is 4.79 Å². The number of carbonyl (C=O) groups is 1. The highest BCUT2D eigenvalue weighted by Crippen LogP contribution is 2.23. The van der Waals surface area contributed by atoms with Gasteiger partial charge in [0, 0.05) is 22.9 Å². The predicted molar refractivity (Wildman–Crippen MR) is 120 cm³/mol. The van der Waals surface area contributed by atoms with Gasteiger partial charge in [-0.25, -0.2) is 10.1 Å². The number of nitrogens with one attached hydrogen (secondary N) is 1. The summed E-state index contributed by atoms with van der Waals surface area (Å²) >= 11 is 0. The topological polar surface area (TPSA) is 59.3 Å². The molecule has 1 heterocycles. The fraction of sp³-hybridized carbons (Fsp3) is 0.0800. The molecule has 0 fully saturated rings. The Bertz CT molecular complexity index is 1210. The fourth-order valence-electron chi connectivity index (χ4n) is 3.22. The molecule has 148 valence electrons. The van der Waals surface area contributed by atoms with Crippen LogP contribution in [0.25, 0.3) is 16.9 Å². The molecule has 4 rings (SSSR count). The lowest BCUT2D eigenvalue weighted by molar-refractivity contribution is 0.0955. The van der Waals surface area contributed by atoms with Crippen LogP contribution in [-0.2, 0) is 0 Å². The molecule has 1 aromatic heterocycles. The van der Waals surface area contributed by atoms with Crippen molar-refractivity contribution in [2.24, 2.45) is 5.10 Å². The molecule has 0 spiro atoms. The largest absolute Gasteiger partial charge is 0.271 e. The van der Waals surface area contributed by atoms with Crippen molar-refractivity contribution >= 4 is 12.1 Å². The average molecular weight is 394 g/mol. The van der Waals surface area contributed by atoms with E-state index in [1.165, 1.54) is 0 Å². The van der Waals surface area contributed by atoms with E-state index in [2.05, 4.69) is 16.6 Å². The summed E-state index contributed by atoms with van der Waals surface area (Å²) in [6.07, 6.45) is 3.55. The summed E-state index contributed by atoms with van der Waals surface area (Å²) in [6, 6.07) is 25.5. The van der Waals surface area contributed by atoms with Gasteiger partial charge in [0.15, 0.2) is 0 Å². The molecule has 0 saturated carbocycles. The van der Waals surface area contributed by atoms with Crippen molar-refractivity contribution in [2.45, 2.75) is 13.8 Å². The maximum Gasteiger partial charge on any atom is 0.271 e. The third kappa shape index (κ3) is 4.36. The predicted octanol–water partition coefficient (Wildman–Crippen LogP) is 4.92. The molecule has 0 saturated heterocycles. The van der Waals surface area contributed by atoms with Crippen molar-refractivity contribution in [1.82, 2.24) is 15.2 Å². The maximum absolute atomic E-state index is 12.4. The molecule has 1 amide bonds. The van der Waals surface area contributed by atoms with Crippen molar-refractivity contribution in [3.63, 3.8) is 0 Å². The van der Waals surface area contributed by atoms with E-state index in [0.717, 1.165) is 33.6 Å². The number of hydrogen-bond acceptors (Lipinski definition) is 3. The van der Waals surface area contributed by atoms with Gasteiger partial charge >= 0.3 is 0 Å². The van der Waals surface area contributed by atoms with Crippen LogP contribution >= 0.6 is 0 Å². The molecule has 0 unspecified atom stereocenters. The molecule has 0 radical (unpaired) electrons. The van der Waals surface area contributed by atoms with E-state index in [4.69, 9.17) is 5.10 Å². The van der Waals surface area contributed by atoms with Gasteiger partial charge < -0.3 is 0 Å². The minimum atomic E-state index is -0.248. The van der Waals surface area contributed by atoms with E-state index in [-0.39, 0.29) is 5.91 Å². The molecule has 0 aliphatic rings. The Hall–Kier alpha value is -3.99. The number of amides is 1. The zero-order valence-electron chi connectivity index (χ0n) is 16.9. The van der Waals surface area contributed by atoms with E-state index in [9.17, 15) is 4.79 Å². The quantitative estimate of drug-likeness (QED) is 0.386. The smallest absolute Gasteiger partial charge is 0.267 e. The van der Waals surface area contributed by atoms with Gasteiger partial charge in [0.25, 0.3) is 5.91 Å². The molecular weight excluding hydrogens is 372 g/mol. The zero-order chi connectivity index (χ0) is 20.9. The molecule has 4 aromatic rings. The van der Waals surface area contributed by atoms with Crippen molar-refractivity contribution in [3.8, 4) is 16.9 Å². The first-order chi connectivity index (χ1) is 14.6. The lowest BCUT2D eigenvalue weighted by Crippen LogP contribution is -2.17. The summed E-state index contributed by atoms with van der Waals surface area (Å²) in [5, 5.41) is 8.96. The Morgan fingerprint density at radius 3 is 2.40 bits per heavy atom. The van der Waals surface area contributed by atoms with Crippen LogP contribution in [0.1, 0.15) is 27.0 Å². The molecule has 3 aromatic carbocycles. The SMILES string of the molecule is Cc1cccc(C(=O)NN=Cc2cn(-c3ccccc3)nc2-c2cccc(C)c2)c1. The Balaban J connectivity index is 1.65. The molecule has 30 heavy (non-hydrogen) atoms. The Kier molecular flexibility index (Phi) is 5.52. The maximum atomic E-state index is 12.4. The number of benzene rings is 3. The van der Waals surface area contributed by atoms with E-state index in [0.29, 0.717) is 5.56 Å². The van der Waals surface area contributed by atoms with Crippen LogP contribution in [0.5, 0.6) is 0 Å². The molecule has 5 heteroatoms. The van der Waals surface area contributed by atoms with Gasteiger partial charge in [-0.05, 0) is 44.2 Å². The van der Waals surface area contributed by atoms with Gasteiger partial charge in [-0.3, -0.25) is 4.79 Å². The number of nitrogens with zero attached hydrogens (tertiary/aromatic N) is 3. The molecule has 0 aliphatic carbocycles. The number of rotatable bonds is 5. The standard InChI is InChI=1S/C25H22N4O/c1-18-8-6-10-20(14-18)24-22(17-29(28-24)23-12-4-3-5-13-23)16-26-27-25(30)21-11-7-9-19(2)15-21/h3-17H,1-2H3,(H,27,30). The highest BCUT2D eigenvalue weighted by molar-refractivity contribution is 5.95. The van der Waals surface area contributed by atoms with Gasteiger partial charge in [0.2, 0.25) is 0 Å². The number of hydrazone groups is 1. The van der Waals surface area contributed by atoms with Crippen LogP contribution < -0.4 is 5.43 Å². The first kappa shape index (κ1) is 19.3. The second-order valence-electron chi connectivity index (χ2n) is 7.15. The number of carbonyl (C=O) groups excluding carboxylic acids is 1. The highest BCUT2D eigenvalue weighted by atomic mass is 16.2. The number of hydrogen-bond donors (Lipinski definition) is 1. The second kappa shape index (κ2) is 8.57. The first-order valence-corrected chi connectivity index (χ1v) is 9.72. The fourth-order valence-corrected chi connectivity index (χ4v) is 3.22. The molecule has 1 N–H and O–H groups in total. The third-order valence-electron chi connectivity index (χ3n) is 4.70. The number of aromatic nitrogens is 2. The minimum absolute atomic E-state index is 0.248. The van der Waals surface area contributed by atoms with Crippen LogP contribution in [-0.4, -0.2) is 21.9 Å². The van der Waals surface area contributed by atoms with E-state index < -0.39 is 0 Å². The Labute approximate surface area is 175 Å². The Morgan fingerprint density at radius 1 is 0.933 bits per heavy atom.